The molecule has 2 heterocycles. The second-order valence-corrected chi connectivity index (χ2v) is 16.3. The minimum absolute atomic E-state index is 0.0359. The van der Waals surface area contributed by atoms with Gasteiger partial charge >= 0.3 is 6.03 Å². The number of para-hydroxylation sites is 1. The third-order valence-corrected chi connectivity index (χ3v) is 11.4. The van der Waals surface area contributed by atoms with E-state index in [4.69, 9.17) is 11.6 Å². The van der Waals surface area contributed by atoms with Gasteiger partial charge in [0.15, 0.2) is 0 Å². The summed E-state index contributed by atoms with van der Waals surface area (Å²) in [5, 5.41) is 5.61. The molecule has 2 aliphatic heterocycles. The Morgan fingerprint density at radius 1 is 1.19 bits per heavy atom. The molecule has 1 saturated carbocycles. The van der Waals surface area contributed by atoms with E-state index in [9.17, 15) is 14.0 Å². The highest BCUT2D eigenvalue weighted by atomic mass is 35.5. The molecule has 1 fully saturated rings. The molecule has 0 spiro atoms. The van der Waals surface area contributed by atoms with Gasteiger partial charge in [-0.15, -0.1) is 0 Å². The number of carbonyl (C=O) groups is 2. The molecule has 3 aliphatic rings. The van der Waals surface area contributed by atoms with Crippen molar-refractivity contribution in [3.8, 4) is 0 Å². The molecular weight excluding hydrogens is 447 g/mol. The van der Waals surface area contributed by atoms with Gasteiger partial charge in [0.2, 0.25) is 5.91 Å². The summed E-state index contributed by atoms with van der Waals surface area (Å²) in [5.74, 6) is 0.0473. The summed E-state index contributed by atoms with van der Waals surface area (Å²) in [5.41, 5.74) is 1.22. The van der Waals surface area contributed by atoms with E-state index in [-0.39, 0.29) is 21.7 Å². The van der Waals surface area contributed by atoms with Crippen LogP contribution in [0.1, 0.15) is 33.1 Å². The summed E-state index contributed by atoms with van der Waals surface area (Å²) in [4.78, 5) is 32.6. The molecule has 4 rings (SSSR count). The summed E-state index contributed by atoms with van der Waals surface area (Å²) in [6.45, 7) is 11.3. The molecule has 0 radical (unpaired) electrons. The van der Waals surface area contributed by atoms with Crippen LogP contribution in [0.3, 0.4) is 0 Å². The number of amidine groups is 1. The number of nitrogens with one attached hydrogen (secondary N) is 2. The summed E-state index contributed by atoms with van der Waals surface area (Å²) < 4.78 is 14.2. The number of anilines is 1. The fourth-order valence-electron chi connectivity index (χ4n) is 5.05. The van der Waals surface area contributed by atoms with Crippen molar-refractivity contribution in [2.75, 3.05) is 18.4 Å². The molecule has 2 N–H and O–H groups in total. The van der Waals surface area contributed by atoms with Crippen LogP contribution < -0.4 is 10.6 Å². The van der Waals surface area contributed by atoms with Crippen LogP contribution in [0, 0.1) is 5.82 Å². The van der Waals surface area contributed by atoms with E-state index in [1.807, 2.05) is 13.8 Å². The van der Waals surface area contributed by atoms with Crippen molar-refractivity contribution in [1.29, 1.82) is 0 Å². The van der Waals surface area contributed by atoms with Crippen LogP contribution in [0.2, 0.25) is 29.7 Å². The number of hydrogen-bond acceptors (Lipinski definition) is 3. The quantitative estimate of drug-likeness (QED) is 0.589. The maximum absolute atomic E-state index is 14.2. The molecule has 32 heavy (non-hydrogen) atoms. The first-order chi connectivity index (χ1) is 14.9. The average Bonchev–Trinajstić information content (AvgIpc) is 3.14. The SMILES string of the molecule is CC1(C)C2=C(CN1C(=O)Nc1c(F)cccc1Cl)C(NC(=O)C1([Si](C)(C)C)CCC1)=NC2. The first-order valence-electron chi connectivity index (χ1n) is 11.0. The number of halogens is 2. The smallest absolute Gasteiger partial charge is 0.311 e. The van der Waals surface area contributed by atoms with Crippen LogP contribution in [0.25, 0.3) is 0 Å². The molecule has 0 unspecified atom stereocenters. The zero-order valence-electron chi connectivity index (χ0n) is 19.2. The van der Waals surface area contributed by atoms with E-state index in [1.165, 1.54) is 18.2 Å². The topological polar surface area (TPSA) is 73.8 Å². The zero-order chi connectivity index (χ0) is 23.5. The van der Waals surface area contributed by atoms with Crippen molar-refractivity contribution in [1.82, 2.24) is 10.2 Å². The molecule has 0 bridgehead atoms. The Hall–Kier alpha value is -2.19. The average molecular weight is 477 g/mol. The summed E-state index contributed by atoms with van der Waals surface area (Å²) in [6, 6.07) is 3.83. The summed E-state index contributed by atoms with van der Waals surface area (Å²) in [6.07, 6.45) is 2.94. The van der Waals surface area contributed by atoms with Gasteiger partial charge in [0.1, 0.15) is 11.7 Å². The fourth-order valence-corrected chi connectivity index (χ4v) is 7.86. The van der Waals surface area contributed by atoms with Gasteiger partial charge in [0.25, 0.3) is 0 Å². The second-order valence-electron chi connectivity index (χ2n) is 10.4. The number of carbonyl (C=O) groups excluding carboxylic acids is 2. The van der Waals surface area contributed by atoms with E-state index in [1.54, 1.807) is 4.90 Å². The van der Waals surface area contributed by atoms with Gasteiger partial charge in [-0.25, -0.2) is 9.18 Å². The number of urea groups is 1. The van der Waals surface area contributed by atoms with Crippen molar-refractivity contribution in [2.45, 2.75) is 63.3 Å². The van der Waals surface area contributed by atoms with Crippen molar-refractivity contribution in [3.63, 3.8) is 0 Å². The largest absolute Gasteiger partial charge is 0.322 e. The van der Waals surface area contributed by atoms with E-state index in [2.05, 4.69) is 35.3 Å². The van der Waals surface area contributed by atoms with Crippen LogP contribution in [0.5, 0.6) is 0 Å². The maximum atomic E-state index is 14.2. The standard InChI is InChI=1S/C23H30ClFN4O2Si/c1-22(2)15-12-26-19(28-20(30)23(10-7-11-23)32(3,4)5)14(15)13-29(22)21(31)27-18-16(24)8-6-9-17(18)25/h6,8-9H,7,10-13H2,1-5H3,(H,27,31)(H,26,28,30). The van der Waals surface area contributed by atoms with Gasteiger partial charge < -0.3 is 15.5 Å². The minimum Gasteiger partial charge on any atom is -0.311 e. The number of aliphatic imine (C=N–C) groups is 1. The van der Waals surface area contributed by atoms with Crippen LogP contribution in [-0.2, 0) is 4.79 Å². The molecule has 0 aromatic heterocycles. The van der Waals surface area contributed by atoms with Gasteiger partial charge in [-0.05, 0) is 44.4 Å². The van der Waals surface area contributed by atoms with Gasteiger partial charge in [-0.2, -0.15) is 0 Å². The first-order valence-corrected chi connectivity index (χ1v) is 14.9. The van der Waals surface area contributed by atoms with E-state index in [0.29, 0.717) is 18.9 Å². The molecule has 3 amide bonds. The normalized spacial score (nSPS) is 21.1. The van der Waals surface area contributed by atoms with E-state index < -0.39 is 25.5 Å². The maximum Gasteiger partial charge on any atom is 0.322 e. The lowest BCUT2D eigenvalue weighted by atomic mass is 9.83. The van der Waals surface area contributed by atoms with Crippen molar-refractivity contribution in [2.24, 2.45) is 4.99 Å². The molecule has 0 atom stereocenters. The number of benzene rings is 1. The minimum atomic E-state index is -1.71. The molecule has 0 saturated heterocycles. The molecule has 172 valence electrons. The van der Waals surface area contributed by atoms with Gasteiger partial charge in [-0.1, -0.05) is 43.7 Å². The Morgan fingerprint density at radius 2 is 1.88 bits per heavy atom. The van der Waals surface area contributed by atoms with E-state index in [0.717, 1.165) is 30.4 Å². The number of rotatable bonds is 3. The van der Waals surface area contributed by atoms with E-state index >= 15 is 0 Å². The lowest BCUT2D eigenvalue weighted by Gasteiger charge is -2.49. The van der Waals surface area contributed by atoms with Crippen molar-refractivity contribution >= 4 is 43.1 Å². The van der Waals surface area contributed by atoms with Crippen LogP contribution in [-0.4, -0.2) is 49.4 Å². The molecule has 6 nitrogen and oxygen atoms in total. The lowest BCUT2D eigenvalue weighted by molar-refractivity contribution is -0.125. The van der Waals surface area contributed by atoms with Crippen LogP contribution >= 0.6 is 11.6 Å². The van der Waals surface area contributed by atoms with Crippen LogP contribution in [0.4, 0.5) is 14.9 Å². The monoisotopic (exact) mass is 476 g/mol. The fraction of sp³-hybridized carbons (Fsp3) is 0.522. The summed E-state index contributed by atoms with van der Waals surface area (Å²) >= 11 is 6.08. The van der Waals surface area contributed by atoms with Crippen LogP contribution in [0.15, 0.2) is 34.3 Å². The Labute approximate surface area is 194 Å². The molecule has 1 aromatic rings. The summed E-state index contributed by atoms with van der Waals surface area (Å²) in [7, 11) is -1.71. The number of nitrogens with zero attached hydrogens (tertiary/aromatic N) is 2. The van der Waals surface area contributed by atoms with Gasteiger partial charge in [0, 0.05) is 10.6 Å². The lowest BCUT2D eigenvalue weighted by Crippen LogP contribution is -2.55. The number of hydrogen-bond donors (Lipinski definition) is 2. The van der Waals surface area contributed by atoms with Crippen molar-refractivity contribution in [3.05, 3.63) is 40.2 Å². The number of amides is 3. The predicted molar refractivity (Wildman–Crippen MR) is 129 cm³/mol. The molecule has 9 heteroatoms. The first kappa shape index (κ1) is 23.0. The second kappa shape index (κ2) is 7.69. The predicted octanol–water partition coefficient (Wildman–Crippen LogP) is 5.19. The highest BCUT2D eigenvalue weighted by molar-refractivity contribution is 6.82. The van der Waals surface area contributed by atoms with Gasteiger partial charge in [-0.3, -0.25) is 9.79 Å². The Kier molecular flexibility index (Phi) is 5.53. The van der Waals surface area contributed by atoms with Crippen molar-refractivity contribution < 1.29 is 14.0 Å². The Bertz CT molecular complexity index is 1040. The third kappa shape index (κ3) is 3.48. The molecular formula is C23H30ClFN4O2Si. The third-order valence-electron chi connectivity index (χ3n) is 7.52. The zero-order valence-corrected chi connectivity index (χ0v) is 21.0. The molecule has 1 aromatic carbocycles. The highest BCUT2D eigenvalue weighted by Gasteiger charge is 2.54. The van der Waals surface area contributed by atoms with Gasteiger partial charge in [0.05, 0.1) is 37.4 Å². The Morgan fingerprint density at radius 3 is 2.44 bits per heavy atom. The Balaban J connectivity index is 1.52. The molecule has 1 aliphatic carbocycles. The highest BCUT2D eigenvalue weighted by Crippen LogP contribution is 2.55.